The van der Waals surface area contributed by atoms with Crippen LogP contribution >= 0.6 is 23.1 Å². The molecule has 0 radical (unpaired) electrons. The summed E-state index contributed by atoms with van der Waals surface area (Å²) in [5.74, 6) is -1.52. The zero-order chi connectivity index (χ0) is 16.8. The third-order valence-electron chi connectivity index (χ3n) is 3.22. The molecule has 1 heterocycles. The number of aryl methyl sites for hydroxylation is 1. The molecule has 7 heteroatoms. The van der Waals surface area contributed by atoms with Crippen LogP contribution in [0.15, 0.2) is 40.6 Å². The SMILES string of the molecule is CSc1ccccc1NC(=O)C(=O)NCC(O)c1sccc1C. The van der Waals surface area contributed by atoms with Gasteiger partial charge in [0.25, 0.3) is 0 Å². The van der Waals surface area contributed by atoms with Crippen molar-refractivity contribution in [3.8, 4) is 0 Å². The second kappa shape index (κ2) is 8.14. The lowest BCUT2D eigenvalue weighted by atomic mass is 10.2. The van der Waals surface area contributed by atoms with Crippen LogP contribution in [0.5, 0.6) is 0 Å². The molecule has 2 aromatic rings. The van der Waals surface area contributed by atoms with Crippen LogP contribution in [0, 0.1) is 6.92 Å². The summed E-state index contributed by atoms with van der Waals surface area (Å²) in [4.78, 5) is 25.5. The minimum absolute atomic E-state index is 0.00220. The van der Waals surface area contributed by atoms with Gasteiger partial charge in [-0.15, -0.1) is 23.1 Å². The zero-order valence-electron chi connectivity index (χ0n) is 12.8. The van der Waals surface area contributed by atoms with Crippen LogP contribution in [0.4, 0.5) is 5.69 Å². The Kier molecular flexibility index (Phi) is 6.20. The Labute approximate surface area is 143 Å². The molecule has 1 aromatic heterocycles. The number of para-hydroxylation sites is 1. The molecule has 1 unspecified atom stereocenters. The van der Waals surface area contributed by atoms with E-state index in [1.807, 2.05) is 36.8 Å². The standard InChI is InChI=1S/C16H18N2O3S2/c1-10-7-8-23-14(10)12(19)9-17-15(20)16(21)18-11-5-3-4-6-13(11)22-2/h3-8,12,19H,9H2,1-2H3,(H,17,20)(H,18,21). The van der Waals surface area contributed by atoms with Gasteiger partial charge in [0.05, 0.1) is 5.69 Å². The van der Waals surface area contributed by atoms with Gasteiger partial charge < -0.3 is 15.7 Å². The maximum Gasteiger partial charge on any atom is 0.313 e. The number of hydrogen-bond acceptors (Lipinski definition) is 5. The van der Waals surface area contributed by atoms with E-state index in [0.717, 1.165) is 15.3 Å². The van der Waals surface area contributed by atoms with Gasteiger partial charge in [0, 0.05) is 16.3 Å². The molecule has 3 N–H and O–H groups in total. The Bertz CT molecular complexity index is 700. The van der Waals surface area contributed by atoms with Crippen LogP contribution in [0.1, 0.15) is 16.5 Å². The lowest BCUT2D eigenvalue weighted by Gasteiger charge is -2.12. The van der Waals surface area contributed by atoms with Crippen molar-refractivity contribution in [3.05, 3.63) is 46.2 Å². The third kappa shape index (κ3) is 4.57. The predicted octanol–water partition coefficient (Wildman–Crippen LogP) is 2.57. The lowest BCUT2D eigenvalue weighted by molar-refractivity contribution is -0.136. The largest absolute Gasteiger partial charge is 0.386 e. The maximum absolute atomic E-state index is 11.9. The topological polar surface area (TPSA) is 78.4 Å². The van der Waals surface area contributed by atoms with Crippen molar-refractivity contribution in [2.45, 2.75) is 17.9 Å². The van der Waals surface area contributed by atoms with Gasteiger partial charge in [0.15, 0.2) is 0 Å². The summed E-state index contributed by atoms with van der Waals surface area (Å²) >= 11 is 2.90. The van der Waals surface area contributed by atoms with Crippen LogP contribution in [0.25, 0.3) is 0 Å². The molecule has 2 amide bonds. The van der Waals surface area contributed by atoms with Gasteiger partial charge in [-0.1, -0.05) is 12.1 Å². The Hall–Kier alpha value is -1.83. The highest BCUT2D eigenvalue weighted by atomic mass is 32.2. The summed E-state index contributed by atoms with van der Waals surface area (Å²) in [6.45, 7) is 1.89. The van der Waals surface area contributed by atoms with Crippen LogP contribution < -0.4 is 10.6 Å². The third-order valence-corrected chi connectivity index (χ3v) is 5.14. The fourth-order valence-corrected chi connectivity index (χ4v) is 3.48. The normalized spacial score (nSPS) is 11.8. The van der Waals surface area contributed by atoms with Crippen molar-refractivity contribution >= 4 is 40.6 Å². The van der Waals surface area contributed by atoms with Gasteiger partial charge in [-0.05, 0) is 42.3 Å². The Balaban J connectivity index is 1.90. The van der Waals surface area contributed by atoms with Crippen molar-refractivity contribution in [1.29, 1.82) is 0 Å². The molecule has 23 heavy (non-hydrogen) atoms. The van der Waals surface area contributed by atoms with E-state index in [0.29, 0.717) is 5.69 Å². The first kappa shape index (κ1) is 17.5. The molecule has 2 rings (SSSR count). The highest BCUT2D eigenvalue weighted by Crippen LogP contribution is 2.25. The van der Waals surface area contributed by atoms with Crippen molar-refractivity contribution < 1.29 is 14.7 Å². The maximum atomic E-state index is 11.9. The fourth-order valence-electron chi connectivity index (χ4n) is 2.02. The minimum atomic E-state index is -0.815. The first-order valence-electron chi connectivity index (χ1n) is 6.97. The van der Waals surface area contributed by atoms with Crippen LogP contribution in [0.3, 0.4) is 0 Å². The number of thioether (sulfide) groups is 1. The van der Waals surface area contributed by atoms with Crippen LogP contribution in [0.2, 0.25) is 0 Å². The first-order valence-corrected chi connectivity index (χ1v) is 9.07. The van der Waals surface area contributed by atoms with Gasteiger partial charge in [-0.25, -0.2) is 0 Å². The number of rotatable bonds is 5. The van der Waals surface area contributed by atoms with E-state index in [1.165, 1.54) is 23.1 Å². The summed E-state index contributed by atoms with van der Waals surface area (Å²) in [6, 6.07) is 9.15. The van der Waals surface area contributed by atoms with E-state index in [9.17, 15) is 14.7 Å². The summed E-state index contributed by atoms with van der Waals surface area (Å²) in [5, 5.41) is 17.0. The first-order chi connectivity index (χ1) is 11.0. The molecule has 1 atom stereocenters. The molecular formula is C16H18N2O3S2. The molecule has 5 nitrogen and oxygen atoms in total. The zero-order valence-corrected chi connectivity index (χ0v) is 14.5. The Morgan fingerprint density at radius 1 is 1.26 bits per heavy atom. The highest BCUT2D eigenvalue weighted by molar-refractivity contribution is 7.98. The van der Waals surface area contributed by atoms with Crippen molar-refractivity contribution in [1.82, 2.24) is 5.32 Å². The number of carbonyl (C=O) groups excluding carboxylic acids is 2. The van der Waals surface area contributed by atoms with E-state index in [1.54, 1.807) is 12.1 Å². The molecule has 0 aliphatic heterocycles. The number of benzene rings is 1. The number of nitrogens with one attached hydrogen (secondary N) is 2. The predicted molar refractivity (Wildman–Crippen MR) is 93.9 cm³/mol. The smallest absolute Gasteiger partial charge is 0.313 e. The average molecular weight is 350 g/mol. The summed E-state index contributed by atoms with van der Waals surface area (Å²) < 4.78 is 0. The number of hydrogen-bond donors (Lipinski definition) is 3. The fraction of sp³-hybridized carbons (Fsp3) is 0.250. The molecule has 0 fully saturated rings. The van der Waals surface area contributed by atoms with Gasteiger partial charge in [-0.3, -0.25) is 9.59 Å². The van der Waals surface area contributed by atoms with E-state index < -0.39 is 17.9 Å². The molecule has 0 aliphatic rings. The molecule has 0 saturated carbocycles. The number of thiophene rings is 1. The molecule has 0 aliphatic carbocycles. The van der Waals surface area contributed by atoms with E-state index in [2.05, 4.69) is 10.6 Å². The summed E-state index contributed by atoms with van der Waals surface area (Å²) in [7, 11) is 0. The van der Waals surface area contributed by atoms with Gasteiger partial charge in [0.1, 0.15) is 6.10 Å². The number of amides is 2. The molecule has 0 saturated heterocycles. The molecule has 1 aromatic carbocycles. The second-order valence-electron chi connectivity index (χ2n) is 4.85. The van der Waals surface area contributed by atoms with Crippen LogP contribution in [-0.4, -0.2) is 29.7 Å². The van der Waals surface area contributed by atoms with Crippen molar-refractivity contribution in [2.24, 2.45) is 0 Å². The van der Waals surface area contributed by atoms with Crippen molar-refractivity contribution in [3.63, 3.8) is 0 Å². The van der Waals surface area contributed by atoms with Gasteiger partial charge in [-0.2, -0.15) is 0 Å². The second-order valence-corrected chi connectivity index (χ2v) is 6.64. The lowest BCUT2D eigenvalue weighted by Crippen LogP contribution is -2.37. The number of aliphatic hydroxyl groups is 1. The summed E-state index contributed by atoms with van der Waals surface area (Å²) in [6.07, 6.45) is 1.08. The van der Waals surface area contributed by atoms with Crippen LogP contribution in [-0.2, 0) is 9.59 Å². The summed E-state index contributed by atoms with van der Waals surface area (Å²) in [5.41, 5.74) is 1.56. The quantitative estimate of drug-likeness (QED) is 0.572. The monoisotopic (exact) mass is 350 g/mol. The molecule has 0 bridgehead atoms. The number of aliphatic hydroxyl groups excluding tert-OH is 1. The minimum Gasteiger partial charge on any atom is -0.386 e. The molecular weight excluding hydrogens is 332 g/mol. The average Bonchev–Trinajstić information content (AvgIpc) is 2.98. The van der Waals surface area contributed by atoms with E-state index >= 15 is 0 Å². The highest BCUT2D eigenvalue weighted by Gasteiger charge is 2.18. The Morgan fingerprint density at radius 2 is 2.00 bits per heavy atom. The number of anilines is 1. The van der Waals surface area contributed by atoms with Gasteiger partial charge >= 0.3 is 11.8 Å². The molecule has 122 valence electrons. The van der Waals surface area contributed by atoms with Gasteiger partial charge in [0.2, 0.25) is 0 Å². The van der Waals surface area contributed by atoms with E-state index in [4.69, 9.17) is 0 Å². The number of carbonyl (C=O) groups is 2. The molecule has 0 spiro atoms. The van der Waals surface area contributed by atoms with E-state index in [-0.39, 0.29) is 6.54 Å². The Morgan fingerprint density at radius 3 is 2.65 bits per heavy atom. The van der Waals surface area contributed by atoms with Crippen molar-refractivity contribution in [2.75, 3.05) is 18.1 Å².